The van der Waals surface area contributed by atoms with Crippen molar-refractivity contribution in [3.05, 3.63) is 35.4 Å². The van der Waals surface area contributed by atoms with E-state index in [1.165, 1.54) is 0 Å². The van der Waals surface area contributed by atoms with Crippen molar-refractivity contribution in [2.45, 2.75) is 25.8 Å². The first-order chi connectivity index (χ1) is 8.97. The molecule has 3 nitrogen and oxygen atoms in total. The van der Waals surface area contributed by atoms with Crippen LogP contribution in [0.15, 0.2) is 18.2 Å². The van der Waals surface area contributed by atoms with E-state index in [1.54, 1.807) is 4.90 Å². The lowest BCUT2D eigenvalue weighted by Gasteiger charge is -2.34. The summed E-state index contributed by atoms with van der Waals surface area (Å²) in [6.45, 7) is 3.08. The van der Waals surface area contributed by atoms with Crippen LogP contribution in [0.5, 0.6) is 0 Å². The predicted octanol–water partition coefficient (Wildman–Crippen LogP) is 2.59. The van der Waals surface area contributed by atoms with Crippen molar-refractivity contribution in [1.29, 1.82) is 0 Å². The molecule has 0 spiro atoms. The zero-order valence-corrected chi connectivity index (χ0v) is 12.1. The van der Waals surface area contributed by atoms with E-state index in [0.29, 0.717) is 13.1 Å². The highest BCUT2D eigenvalue weighted by Gasteiger charge is 2.26. The number of likely N-dealkylation sites (tertiary alicyclic amines) is 1. The summed E-state index contributed by atoms with van der Waals surface area (Å²) >= 11 is 0. The molecule has 0 aliphatic carbocycles. The number of halogens is 3. The first kappa shape index (κ1) is 16.9. The van der Waals surface area contributed by atoms with Gasteiger partial charge in [-0.1, -0.05) is 0 Å². The fraction of sp³-hybridized carbons (Fsp3) is 0.500. The summed E-state index contributed by atoms with van der Waals surface area (Å²) in [4.78, 5) is 13.9. The maximum absolute atomic E-state index is 13.1. The van der Waals surface area contributed by atoms with Crippen molar-refractivity contribution in [2.75, 3.05) is 13.1 Å². The molecule has 0 aromatic heterocycles. The Morgan fingerprint density at radius 2 is 1.95 bits per heavy atom. The summed E-state index contributed by atoms with van der Waals surface area (Å²) in [6.07, 6.45) is 1.86. The maximum atomic E-state index is 13.1. The molecule has 1 aromatic rings. The minimum atomic E-state index is -0.732. The van der Waals surface area contributed by atoms with Crippen molar-refractivity contribution < 1.29 is 13.6 Å². The molecule has 2 unspecified atom stereocenters. The van der Waals surface area contributed by atoms with Gasteiger partial charge in [-0.3, -0.25) is 4.79 Å². The molecule has 1 amide bonds. The summed E-state index contributed by atoms with van der Waals surface area (Å²) < 4.78 is 26.3. The zero-order chi connectivity index (χ0) is 14.0. The number of piperidine rings is 1. The van der Waals surface area contributed by atoms with Crippen molar-refractivity contribution in [3.63, 3.8) is 0 Å². The van der Waals surface area contributed by atoms with Crippen LogP contribution < -0.4 is 5.73 Å². The lowest BCUT2D eigenvalue weighted by Crippen LogP contribution is -2.45. The van der Waals surface area contributed by atoms with Crippen LogP contribution in [-0.4, -0.2) is 29.9 Å². The van der Waals surface area contributed by atoms with Crippen LogP contribution in [0, 0.1) is 17.6 Å². The van der Waals surface area contributed by atoms with E-state index in [0.717, 1.165) is 31.0 Å². The highest BCUT2D eigenvalue weighted by atomic mass is 35.5. The number of hydrogen-bond donors (Lipinski definition) is 1. The van der Waals surface area contributed by atoms with Crippen LogP contribution >= 0.6 is 12.4 Å². The van der Waals surface area contributed by atoms with Gasteiger partial charge in [-0.2, -0.15) is 0 Å². The van der Waals surface area contributed by atoms with Gasteiger partial charge >= 0.3 is 0 Å². The highest BCUT2D eigenvalue weighted by molar-refractivity contribution is 5.94. The van der Waals surface area contributed by atoms with E-state index in [-0.39, 0.29) is 35.8 Å². The average molecular weight is 305 g/mol. The van der Waals surface area contributed by atoms with Crippen LogP contribution in [0.2, 0.25) is 0 Å². The largest absolute Gasteiger partial charge is 0.338 e. The van der Waals surface area contributed by atoms with E-state index >= 15 is 0 Å². The van der Waals surface area contributed by atoms with Crippen molar-refractivity contribution >= 4 is 18.3 Å². The van der Waals surface area contributed by atoms with Gasteiger partial charge in [0.05, 0.1) is 0 Å². The first-order valence-corrected chi connectivity index (χ1v) is 6.48. The Hall–Kier alpha value is -1.20. The smallest absolute Gasteiger partial charge is 0.254 e. The molecule has 6 heteroatoms. The number of rotatable bonds is 2. The number of benzene rings is 1. The monoisotopic (exact) mass is 304 g/mol. The van der Waals surface area contributed by atoms with Crippen LogP contribution in [0.4, 0.5) is 8.78 Å². The second-order valence-electron chi connectivity index (χ2n) is 5.17. The van der Waals surface area contributed by atoms with Gasteiger partial charge in [-0.05, 0) is 37.8 Å². The van der Waals surface area contributed by atoms with E-state index in [1.807, 2.05) is 6.92 Å². The number of carbonyl (C=O) groups excluding carboxylic acids is 1. The second kappa shape index (κ2) is 6.99. The lowest BCUT2D eigenvalue weighted by atomic mass is 9.92. The molecule has 0 bridgehead atoms. The lowest BCUT2D eigenvalue weighted by molar-refractivity contribution is 0.0660. The molecular weight excluding hydrogens is 286 g/mol. The third-order valence-corrected chi connectivity index (χ3v) is 3.60. The normalized spacial score (nSPS) is 20.2. The van der Waals surface area contributed by atoms with E-state index < -0.39 is 11.6 Å². The summed E-state index contributed by atoms with van der Waals surface area (Å²) in [5.41, 5.74) is 5.92. The molecule has 1 heterocycles. The summed E-state index contributed by atoms with van der Waals surface area (Å²) in [6, 6.07) is 2.92. The van der Waals surface area contributed by atoms with E-state index in [4.69, 9.17) is 5.73 Å². The molecule has 112 valence electrons. The van der Waals surface area contributed by atoms with Crippen LogP contribution in [0.3, 0.4) is 0 Å². The quantitative estimate of drug-likeness (QED) is 0.913. The molecule has 1 aliphatic rings. The topological polar surface area (TPSA) is 46.3 Å². The maximum Gasteiger partial charge on any atom is 0.254 e. The number of amides is 1. The molecular formula is C14H19ClF2N2O. The Labute approximate surface area is 123 Å². The Kier molecular flexibility index (Phi) is 5.89. The van der Waals surface area contributed by atoms with E-state index in [2.05, 4.69) is 0 Å². The summed E-state index contributed by atoms with van der Waals surface area (Å²) in [5, 5.41) is 0. The van der Waals surface area contributed by atoms with Gasteiger partial charge in [0.2, 0.25) is 0 Å². The Morgan fingerprint density at radius 1 is 1.35 bits per heavy atom. The first-order valence-electron chi connectivity index (χ1n) is 6.48. The van der Waals surface area contributed by atoms with Gasteiger partial charge in [0, 0.05) is 30.8 Å². The third-order valence-electron chi connectivity index (χ3n) is 3.60. The fourth-order valence-corrected chi connectivity index (χ4v) is 2.48. The molecule has 20 heavy (non-hydrogen) atoms. The van der Waals surface area contributed by atoms with E-state index in [9.17, 15) is 13.6 Å². The average Bonchev–Trinajstić information content (AvgIpc) is 2.37. The van der Waals surface area contributed by atoms with Crippen molar-refractivity contribution in [1.82, 2.24) is 4.90 Å². The van der Waals surface area contributed by atoms with Crippen molar-refractivity contribution in [3.8, 4) is 0 Å². The molecule has 1 saturated heterocycles. The Bertz CT molecular complexity index is 462. The van der Waals surface area contributed by atoms with Crippen molar-refractivity contribution in [2.24, 2.45) is 11.7 Å². The second-order valence-corrected chi connectivity index (χ2v) is 5.17. The molecule has 0 saturated carbocycles. The predicted molar refractivity (Wildman–Crippen MR) is 75.9 cm³/mol. The van der Waals surface area contributed by atoms with Gasteiger partial charge in [-0.25, -0.2) is 8.78 Å². The molecule has 2 rings (SSSR count). The summed E-state index contributed by atoms with van der Waals surface area (Å²) in [7, 11) is 0. The number of nitrogens with zero attached hydrogens (tertiary/aromatic N) is 1. The number of nitrogens with two attached hydrogens (primary N) is 1. The summed E-state index contributed by atoms with van der Waals surface area (Å²) in [5.74, 6) is -1.55. The third kappa shape index (κ3) is 3.90. The number of hydrogen-bond acceptors (Lipinski definition) is 2. The van der Waals surface area contributed by atoms with Crippen LogP contribution in [-0.2, 0) is 0 Å². The molecule has 1 fully saturated rings. The van der Waals surface area contributed by atoms with Crippen LogP contribution in [0.1, 0.15) is 30.1 Å². The fourth-order valence-electron chi connectivity index (χ4n) is 2.48. The molecule has 0 radical (unpaired) electrons. The molecule has 1 aliphatic heterocycles. The van der Waals surface area contributed by atoms with Gasteiger partial charge < -0.3 is 10.6 Å². The molecule has 2 N–H and O–H groups in total. The minimum absolute atomic E-state index is 0. The number of carbonyl (C=O) groups is 1. The van der Waals surface area contributed by atoms with Gasteiger partial charge in [-0.15, -0.1) is 12.4 Å². The van der Waals surface area contributed by atoms with Crippen LogP contribution in [0.25, 0.3) is 0 Å². The molecule has 2 atom stereocenters. The molecule has 1 aromatic carbocycles. The Morgan fingerprint density at radius 3 is 2.50 bits per heavy atom. The van der Waals surface area contributed by atoms with Gasteiger partial charge in [0.15, 0.2) is 0 Å². The Balaban J connectivity index is 0.00000200. The SMILES string of the molecule is CC(N)C1CCCN(C(=O)c2cc(F)cc(F)c2)C1.Cl. The van der Waals surface area contributed by atoms with Gasteiger partial charge in [0.1, 0.15) is 11.6 Å². The highest BCUT2D eigenvalue weighted by Crippen LogP contribution is 2.21. The zero-order valence-electron chi connectivity index (χ0n) is 11.3. The standard InChI is InChI=1S/C14H18F2N2O.ClH/c1-9(17)10-3-2-4-18(8-10)14(19)11-5-12(15)7-13(16)6-11;/h5-7,9-10H,2-4,8,17H2,1H3;1H. The minimum Gasteiger partial charge on any atom is -0.338 e. The van der Waals surface area contributed by atoms with Gasteiger partial charge in [0.25, 0.3) is 5.91 Å².